The van der Waals surface area contributed by atoms with Crippen molar-refractivity contribution in [1.82, 2.24) is 15.8 Å². The molecule has 0 fully saturated rings. The van der Waals surface area contributed by atoms with Crippen molar-refractivity contribution in [3.05, 3.63) is 59.4 Å². The summed E-state index contributed by atoms with van der Waals surface area (Å²) in [6, 6.07) is 8.81. The van der Waals surface area contributed by atoms with E-state index in [1.54, 1.807) is 18.3 Å². The van der Waals surface area contributed by atoms with Gasteiger partial charge < -0.3 is 5.32 Å². The van der Waals surface area contributed by atoms with Gasteiger partial charge in [-0.1, -0.05) is 6.07 Å². The lowest BCUT2D eigenvalue weighted by Gasteiger charge is -2.09. The van der Waals surface area contributed by atoms with Crippen LogP contribution in [-0.4, -0.2) is 22.7 Å². The number of nitrogens with zero attached hydrogens (tertiary/aromatic N) is 1. The molecule has 1 aromatic heterocycles. The molecule has 0 unspecified atom stereocenters. The van der Waals surface area contributed by atoms with Crippen LogP contribution in [0.2, 0.25) is 0 Å². The lowest BCUT2D eigenvalue weighted by Crippen LogP contribution is -2.41. The molecule has 0 aliphatic rings. The minimum absolute atomic E-state index is 0.0154. The van der Waals surface area contributed by atoms with Crippen molar-refractivity contribution in [3.8, 4) is 0 Å². The zero-order valence-corrected chi connectivity index (χ0v) is 14.1. The van der Waals surface area contributed by atoms with Crippen molar-refractivity contribution < 1.29 is 14.4 Å². The summed E-state index contributed by atoms with van der Waals surface area (Å²) >= 11 is 0. The van der Waals surface area contributed by atoms with Crippen molar-refractivity contribution in [2.45, 2.75) is 26.7 Å². The number of benzene rings is 1. The van der Waals surface area contributed by atoms with Crippen LogP contribution in [0.3, 0.4) is 0 Å². The molecule has 3 N–H and O–H groups in total. The molecule has 1 aromatic carbocycles. The van der Waals surface area contributed by atoms with Gasteiger partial charge in [-0.2, -0.15) is 0 Å². The van der Waals surface area contributed by atoms with Crippen LogP contribution in [0.1, 0.15) is 34.3 Å². The van der Waals surface area contributed by atoms with E-state index in [-0.39, 0.29) is 18.7 Å². The van der Waals surface area contributed by atoms with E-state index in [1.807, 2.05) is 32.0 Å². The number of rotatable bonds is 5. The van der Waals surface area contributed by atoms with Crippen LogP contribution in [0, 0.1) is 13.8 Å². The number of amides is 3. The highest BCUT2D eigenvalue weighted by atomic mass is 16.2. The number of aromatic nitrogens is 1. The summed E-state index contributed by atoms with van der Waals surface area (Å²) in [6.45, 7) is 3.95. The summed E-state index contributed by atoms with van der Waals surface area (Å²) in [7, 11) is 0. The molecule has 0 bridgehead atoms. The van der Waals surface area contributed by atoms with E-state index in [2.05, 4.69) is 21.2 Å². The smallest absolute Gasteiger partial charge is 0.271 e. The van der Waals surface area contributed by atoms with Gasteiger partial charge in [0.15, 0.2) is 0 Å². The van der Waals surface area contributed by atoms with Crippen molar-refractivity contribution in [1.29, 1.82) is 0 Å². The molecule has 130 valence electrons. The number of hydrogen-bond donors (Lipinski definition) is 3. The highest BCUT2D eigenvalue weighted by molar-refractivity contribution is 5.96. The summed E-state index contributed by atoms with van der Waals surface area (Å²) in [5.74, 6) is -1.19. The van der Waals surface area contributed by atoms with Gasteiger partial charge in [0.1, 0.15) is 0 Å². The van der Waals surface area contributed by atoms with Crippen LogP contribution in [0.4, 0.5) is 5.69 Å². The quantitative estimate of drug-likeness (QED) is 0.724. The van der Waals surface area contributed by atoms with E-state index in [1.165, 1.54) is 6.20 Å². The second-order valence-electron chi connectivity index (χ2n) is 5.59. The molecule has 1 heterocycles. The molecule has 0 spiro atoms. The van der Waals surface area contributed by atoms with Gasteiger partial charge in [0.05, 0.1) is 5.56 Å². The third-order valence-corrected chi connectivity index (χ3v) is 3.61. The van der Waals surface area contributed by atoms with Gasteiger partial charge in [-0.3, -0.25) is 30.2 Å². The first kappa shape index (κ1) is 18.1. The van der Waals surface area contributed by atoms with Gasteiger partial charge in [0.2, 0.25) is 11.8 Å². The summed E-state index contributed by atoms with van der Waals surface area (Å²) in [4.78, 5) is 39.2. The third kappa shape index (κ3) is 5.72. The molecular formula is C18H20N4O3. The maximum atomic E-state index is 11.9. The van der Waals surface area contributed by atoms with Gasteiger partial charge in [0, 0.05) is 30.9 Å². The number of hydrazine groups is 1. The van der Waals surface area contributed by atoms with Crippen molar-refractivity contribution in [3.63, 3.8) is 0 Å². The Bertz CT molecular complexity index is 775. The van der Waals surface area contributed by atoms with Gasteiger partial charge in [0.25, 0.3) is 5.91 Å². The predicted molar refractivity (Wildman–Crippen MR) is 93.6 cm³/mol. The van der Waals surface area contributed by atoms with Gasteiger partial charge in [-0.05, 0) is 49.2 Å². The predicted octanol–water partition coefficient (Wildman–Crippen LogP) is 1.88. The molecule has 0 saturated heterocycles. The number of nitrogens with one attached hydrogen (secondary N) is 3. The van der Waals surface area contributed by atoms with E-state index >= 15 is 0 Å². The number of hydrogen-bond acceptors (Lipinski definition) is 4. The molecule has 0 radical (unpaired) electrons. The first-order valence-electron chi connectivity index (χ1n) is 7.82. The Hall–Kier alpha value is -3.22. The van der Waals surface area contributed by atoms with E-state index < -0.39 is 11.8 Å². The Morgan fingerprint density at radius 3 is 2.40 bits per heavy atom. The fraction of sp³-hybridized carbons (Fsp3) is 0.222. The highest BCUT2D eigenvalue weighted by Crippen LogP contribution is 2.14. The Morgan fingerprint density at radius 2 is 1.72 bits per heavy atom. The molecule has 2 rings (SSSR count). The van der Waals surface area contributed by atoms with E-state index in [4.69, 9.17) is 0 Å². The number of carbonyl (C=O) groups excluding carboxylic acids is 3. The second kappa shape index (κ2) is 8.58. The minimum Gasteiger partial charge on any atom is -0.326 e. The SMILES string of the molecule is Cc1ccc(NC(=O)CCC(=O)NNC(=O)c2cccnc2)cc1C. The Morgan fingerprint density at radius 1 is 0.960 bits per heavy atom. The van der Waals surface area contributed by atoms with Crippen LogP contribution >= 0.6 is 0 Å². The summed E-state index contributed by atoms with van der Waals surface area (Å²) in [5.41, 5.74) is 7.79. The lowest BCUT2D eigenvalue weighted by atomic mass is 10.1. The van der Waals surface area contributed by atoms with Crippen molar-refractivity contribution in [2.24, 2.45) is 0 Å². The molecule has 0 atom stereocenters. The van der Waals surface area contributed by atoms with Crippen molar-refractivity contribution >= 4 is 23.4 Å². The molecule has 0 aliphatic carbocycles. The molecule has 2 aromatic rings. The number of anilines is 1. The first-order valence-corrected chi connectivity index (χ1v) is 7.82. The lowest BCUT2D eigenvalue weighted by molar-refractivity contribution is -0.124. The highest BCUT2D eigenvalue weighted by Gasteiger charge is 2.10. The second-order valence-corrected chi connectivity index (χ2v) is 5.59. The molecule has 0 aliphatic heterocycles. The van der Waals surface area contributed by atoms with Gasteiger partial charge in [-0.15, -0.1) is 0 Å². The maximum absolute atomic E-state index is 11.9. The Balaban J connectivity index is 1.73. The fourth-order valence-corrected chi connectivity index (χ4v) is 2.03. The molecule has 25 heavy (non-hydrogen) atoms. The zero-order valence-electron chi connectivity index (χ0n) is 14.1. The minimum atomic E-state index is -0.471. The zero-order chi connectivity index (χ0) is 18.2. The van der Waals surface area contributed by atoms with Crippen LogP contribution in [0.15, 0.2) is 42.7 Å². The molecule has 7 heteroatoms. The summed E-state index contributed by atoms with van der Waals surface area (Å²) in [5, 5.41) is 2.74. The van der Waals surface area contributed by atoms with E-state index in [0.717, 1.165) is 11.1 Å². The van der Waals surface area contributed by atoms with Crippen LogP contribution in [0.25, 0.3) is 0 Å². The topological polar surface area (TPSA) is 100 Å². The van der Waals surface area contributed by atoms with E-state index in [0.29, 0.717) is 11.3 Å². The number of aryl methyl sites for hydroxylation is 2. The van der Waals surface area contributed by atoms with Crippen LogP contribution in [-0.2, 0) is 9.59 Å². The molecule has 0 saturated carbocycles. The first-order chi connectivity index (χ1) is 12.0. The Labute approximate surface area is 145 Å². The average Bonchev–Trinajstić information content (AvgIpc) is 2.61. The maximum Gasteiger partial charge on any atom is 0.271 e. The largest absolute Gasteiger partial charge is 0.326 e. The summed E-state index contributed by atoms with van der Waals surface area (Å²) < 4.78 is 0. The standard InChI is InChI=1S/C18H20N4O3/c1-12-5-6-15(10-13(12)2)20-16(23)7-8-17(24)21-22-18(25)14-4-3-9-19-11-14/h3-6,9-11H,7-8H2,1-2H3,(H,20,23)(H,21,24)(H,22,25). The molecular weight excluding hydrogens is 320 g/mol. The van der Waals surface area contributed by atoms with Gasteiger partial charge >= 0.3 is 0 Å². The van der Waals surface area contributed by atoms with Crippen molar-refractivity contribution in [2.75, 3.05) is 5.32 Å². The van der Waals surface area contributed by atoms with Crippen LogP contribution < -0.4 is 16.2 Å². The molecule has 3 amide bonds. The summed E-state index contributed by atoms with van der Waals surface area (Å²) in [6.07, 6.45) is 2.91. The average molecular weight is 340 g/mol. The monoisotopic (exact) mass is 340 g/mol. The number of pyridine rings is 1. The molecule has 7 nitrogen and oxygen atoms in total. The fourth-order valence-electron chi connectivity index (χ4n) is 2.03. The van der Waals surface area contributed by atoms with Crippen LogP contribution in [0.5, 0.6) is 0 Å². The third-order valence-electron chi connectivity index (χ3n) is 3.61. The van der Waals surface area contributed by atoms with E-state index in [9.17, 15) is 14.4 Å². The Kier molecular flexibility index (Phi) is 6.22. The number of carbonyl (C=O) groups is 3. The van der Waals surface area contributed by atoms with Gasteiger partial charge in [-0.25, -0.2) is 0 Å². The normalized spacial score (nSPS) is 10.0.